The number of nitrogens with two attached hydrogens (primary N) is 1. The molecule has 1 atom stereocenters. The molecule has 26 heavy (non-hydrogen) atoms. The predicted octanol–water partition coefficient (Wildman–Crippen LogP) is 4.71. The molecule has 0 amide bonds. The smallest absolute Gasteiger partial charge is 0.144 e. The summed E-state index contributed by atoms with van der Waals surface area (Å²) >= 11 is 0. The molecule has 4 rings (SSSR count). The largest absolute Gasteiger partial charge is 0.488 e. The molecule has 0 spiro atoms. The minimum atomic E-state index is 0.130. The van der Waals surface area contributed by atoms with Crippen LogP contribution in [0.2, 0.25) is 0 Å². The molecule has 0 radical (unpaired) electrons. The number of hydrogen-bond donors (Lipinski definition) is 2. The first kappa shape index (κ1) is 16.6. The molecule has 0 bridgehead atoms. The first-order valence-corrected chi connectivity index (χ1v) is 9.23. The Labute approximate surface area is 153 Å². The molecule has 0 aliphatic heterocycles. The highest BCUT2D eigenvalue weighted by molar-refractivity contribution is 5.93. The Morgan fingerprint density at radius 1 is 1.12 bits per heavy atom. The van der Waals surface area contributed by atoms with Crippen LogP contribution in [0.5, 0.6) is 5.75 Å². The number of nitrogens with zero attached hydrogens (tertiary/aromatic N) is 2. The molecule has 1 saturated carbocycles. The maximum Gasteiger partial charge on any atom is 0.144 e. The third kappa shape index (κ3) is 3.43. The molecule has 2 aromatic carbocycles. The van der Waals surface area contributed by atoms with E-state index >= 15 is 0 Å². The van der Waals surface area contributed by atoms with Gasteiger partial charge in [0.25, 0.3) is 0 Å². The van der Waals surface area contributed by atoms with E-state index in [4.69, 9.17) is 10.5 Å². The van der Waals surface area contributed by atoms with Crippen LogP contribution in [0.3, 0.4) is 0 Å². The van der Waals surface area contributed by atoms with Gasteiger partial charge in [-0.3, -0.25) is 0 Å². The SMILES string of the molecule is C[C@@H](Nc1ncnc2cc(OC3CCCC3)c(N)cc12)c1ccccc1. The molecule has 1 heterocycles. The van der Waals surface area contributed by atoms with Crippen molar-refractivity contribution in [2.45, 2.75) is 44.8 Å². The van der Waals surface area contributed by atoms with Gasteiger partial charge < -0.3 is 15.8 Å². The van der Waals surface area contributed by atoms with Crippen LogP contribution in [0.1, 0.15) is 44.2 Å². The molecule has 0 saturated heterocycles. The number of fused-ring (bicyclic) bond motifs is 1. The second-order valence-electron chi connectivity index (χ2n) is 6.93. The number of aromatic nitrogens is 2. The van der Waals surface area contributed by atoms with Crippen molar-refractivity contribution in [3.63, 3.8) is 0 Å². The van der Waals surface area contributed by atoms with Gasteiger partial charge in [-0.25, -0.2) is 9.97 Å². The quantitative estimate of drug-likeness (QED) is 0.654. The van der Waals surface area contributed by atoms with Gasteiger partial charge in [-0.05, 0) is 44.2 Å². The van der Waals surface area contributed by atoms with Gasteiger partial charge >= 0.3 is 0 Å². The van der Waals surface area contributed by atoms with E-state index in [0.29, 0.717) is 5.69 Å². The summed E-state index contributed by atoms with van der Waals surface area (Å²) in [5, 5.41) is 4.38. The molecule has 134 valence electrons. The van der Waals surface area contributed by atoms with E-state index in [1.807, 2.05) is 30.3 Å². The van der Waals surface area contributed by atoms with E-state index in [1.54, 1.807) is 6.33 Å². The lowest BCUT2D eigenvalue weighted by Crippen LogP contribution is -2.12. The van der Waals surface area contributed by atoms with Crippen molar-refractivity contribution in [3.05, 3.63) is 54.4 Å². The first-order valence-electron chi connectivity index (χ1n) is 9.23. The monoisotopic (exact) mass is 348 g/mol. The van der Waals surface area contributed by atoms with E-state index in [1.165, 1.54) is 18.4 Å². The summed E-state index contributed by atoms with van der Waals surface area (Å²) < 4.78 is 6.10. The summed E-state index contributed by atoms with van der Waals surface area (Å²) in [5.41, 5.74) is 8.94. The van der Waals surface area contributed by atoms with Gasteiger partial charge in [-0.15, -0.1) is 0 Å². The second kappa shape index (κ2) is 7.20. The molecule has 3 aromatic rings. The molecule has 1 aliphatic rings. The number of nitrogens with one attached hydrogen (secondary N) is 1. The lowest BCUT2D eigenvalue weighted by molar-refractivity contribution is 0.211. The number of hydrogen-bond acceptors (Lipinski definition) is 5. The zero-order chi connectivity index (χ0) is 17.9. The fraction of sp³-hybridized carbons (Fsp3) is 0.333. The maximum atomic E-state index is 6.27. The van der Waals surface area contributed by atoms with E-state index < -0.39 is 0 Å². The van der Waals surface area contributed by atoms with Gasteiger partial charge in [0.1, 0.15) is 17.9 Å². The third-order valence-electron chi connectivity index (χ3n) is 5.02. The average Bonchev–Trinajstić information content (AvgIpc) is 3.17. The van der Waals surface area contributed by atoms with Crippen LogP contribution >= 0.6 is 0 Å². The minimum absolute atomic E-state index is 0.130. The van der Waals surface area contributed by atoms with Gasteiger partial charge in [-0.1, -0.05) is 30.3 Å². The summed E-state index contributed by atoms with van der Waals surface area (Å²) in [5.74, 6) is 1.51. The van der Waals surface area contributed by atoms with Gasteiger partial charge in [-0.2, -0.15) is 0 Å². The van der Waals surface area contributed by atoms with Crippen LogP contribution in [0.25, 0.3) is 10.9 Å². The van der Waals surface area contributed by atoms with Gasteiger partial charge in [0.05, 0.1) is 17.3 Å². The average molecular weight is 348 g/mol. The number of anilines is 2. The van der Waals surface area contributed by atoms with Crippen LogP contribution in [0.4, 0.5) is 11.5 Å². The van der Waals surface area contributed by atoms with Crippen molar-refractivity contribution in [3.8, 4) is 5.75 Å². The minimum Gasteiger partial charge on any atom is -0.488 e. The maximum absolute atomic E-state index is 6.27. The van der Waals surface area contributed by atoms with Gasteiger partial charge in [0.2, 0.25) is 0 Å². The highest BCUT2D eigenvalue weighted by atomic mass is 16.5. The molecule has 0 unspecified atom stereocenters. The lowest BCUT2D eigenvalue weighted by Gasteiger charge is -2.18. The highest BCUT2D eigenvalue weighted by Gasteiger charge is 2.19. The van der Waals surface area contributed by atoms with Gasteiger partial charge in [0.15, 0.2) is 0 Å². The lowest BCUT2D eigenvalue weighted by atomic mass is 10.1. The van der Waals surface area contributed by atoms with Crippen molar-refractivity contribution in [2.24, 2.45) is 0 Å². The number of benzene rings is 2. The van der Waals surface area contributed by atoms with E-state index in [9.17, 15) is 0 Å². The van der Waals surface area contributed by atoms with Crippen molar-refractivity contribution in [1.29, 1.82) is 0 Å². The fourth-order valence-electron chi connectivity index (χ4n) is 3.53. The van der Waals surface area contributed by atoms with E-state index in [2.05, 4.69) is 34.3 Å². The molecule has 1 aliphatic carbocycles. The van der Waals surface area contributed by atoms with Crippen LogP contribution < -0.4 is 15.8 Å². The Hall–Kier alpha value is -2.82. The van der Waals surface area contributed by atoms with Gasteiger partial charge in [0, 0.05) is 17.5 Å². The number of nitrogen functional groups attached to an aromatic ring is 1. The van der Waals surface area contributed by atoms with E-state index in [0.717, 1.165) is 35.3 Å². The fourth-order valence-corrected chi connectivity index (χ4v) is 3.53. The Balaban J connectivity index is 1.62. The molecular formula is C21H24N4O. The molecule has 3 N–H and O–H groups in total. The van der Waals surface area contributed by atoms with Crippen LogP contribution in [0, 0.1) is 0 Å². The van der Waals surface area contributed by atoms with Crippen molar-refractivity contribution in [2.75, 3.05) is 11.1 Å². The zero-order valence-electron chi connectivity index (χ0n) is 15.0. The molecular weight excluding hydrogens is 324 g/mol. The van der Waals surface area contributed by atoms with Crippen LogP contribution in [0.15, 0.2) is 48.8 Å². The Kier molecular flexibility index (Phi) is 4.61. The van der Waals surface area contributed by atoms with Crippen molar-refractivity contribution < 1.29 is 4.74 Å². The summed E-state index contributed by atoms with van der Waals surface area (Å²) in [6.45, 7) is 2.12. The number of ether oxygens (including phenoxy) is 1. The Bertz CT molecular complexity index is 891. The second-order valence-corrected chi connectivity index (χ2v) is 6.93. The summed E-state index contributed by atoms with van der Waals surface area (Å²) in [6.07, 6.45) is 6.51. The Morgan fingerprint density at radius 2 is 1.88 bits per heavy atom. The number of rotatable bonds is 5. The van der Waals surface area contributed by atoms with E-state index in [-0.39, 0.29) is 12.1 Å². The van der Waals surface area contributed by atoms with Crippen LogP contribution in [-0.4, -0.2) is 16.1 Å². The summed E-state index contributed by atoms with van der Waals surface area (Å²) in [7, 11) is 0. The third-order valence-corrected chi connectivity index (χ3v) is 5.02. The molecule has 5 nitrogen and oxygen atoms in total. The normalized spacial score (nSPS) is 15.9. The predicted molar refractivity (Wildman–Crippen MR) is 105 cm³/mol. The van der Waals surface area contributed by atoms with Crippen molar-refractivity contribution >= 4 is 22.4 Å². The molecule has 1 fully saturated rings. The first-order chi connectivity index (χ1) is 12.7. The molecule has 1 aromatic heterocycles. The topological polar surface area (TPSA) is 73.1 Å². The summed E-state index contributed by atoms with van der Waals surface area (Å²) in [4.78, 5) is 8.84. The zero-order valence-corrected chi connectivity index (χ0v) is 15.0. The molecule has 5 heteroatoms. The van der Waals surface area contributed by atoms with Crippen LogP contribution in [-0.2, 0) is 0 Å². The Morgan fingerprint density at radius 3 is 2.65 bits per heavy atom. The highest BCUT2D eigenvalue weighted by Crippen LogP contribution is 2.34. The summed E-state index contributed by atoms with van der Waals surface area (Å²) in [6, 6.07) is 14.3. The standard InChI is InChI=1S/C21H24N4O/c1-14(15-7-3-2-4-8-15)25-21-17-11-18(22)20(12-19(17)23-13-24-21)26-16-9-5-6-10-16/h2-4,7-8,11-14,16H,5-6,9-10,22H2,1H3,(H,23,24,25)/t14-/m1/s1. The van der Waals surface area contributed by atoms with Crippen molar-refractivity contribution in [1.82, 2.24) is 9.97 Å².